The molecule has 3 nitrogen and oxygen atoms in total. The third-order valence-electron chi connectivity index (χ3n) is 2.34. The van der Waals surface area contributed by atoms with Gasteiger partial charge >= 0.3 is 0 Å². The largest absolute Gasteiger partial charge is 0.454 e. The molecule has 2 aromatic heterocycles. The van der Waals surface area contributed by atoms with Gasteiger partial charge in [-0.1, -0.05) is 23.2 Å². The molecular formula is C12H6Cl2N2O. The summed E-state index contributed by atoms with van der Waals surface area (Å²) >= 11 is 11.7. The number of nitrogens with zero attached hydrogens (tertiary/aromatic N) is 2. The number of halogens is 2. The first-order valence-electron chi connectivity index (χ1n) is 4.89. The number of aromatic nitrogens is 2. The molecule has 0 aliphatic heterocycles. The van der Waals surface area contributed by atoms with E-state index in [0.717, 1.165) is 11.0 Å². The molecule has 17 heavy (non-hydrogen) atoms. The first-order valence-corrected chi connectivity index (χ1v) is 5.65. The van der Waals surface area contributed by atoms with Gasteiger partial charge in [0, 0.05) is 10.4 Å². The topological polar surface area (TPSA) is 38.9 Å². The van der Waals surface area contributed by atoms with E-state index in [4.69, 9.17) is 27.6 Å². The quantitative estimate of drug-likeness (QED) is 0.662. The van der Waals surface area contributed by atoms with Crippen LogP contribution in [0.1, 0.15) is 0 Å². The molecule has 0 spiro atoms. The van der Waals surface area contributed by atoms with Gasteiger partial charge in [-0.3, -0.25) is 4.98 Å². The van der Waals surface area contributed by atoms with Crippen LogP contribution in [0, 0.1) is 0 Å². The predicted octanol–water partition coefficient (Wildman–Crippen LogP) is 4.20. The molecule has 0 radical (unpaired) electrons. The smallest absolute Gasteiger partial charge is 0.155 e. The Labute approximate surface area is 107 Å². The normalized spacial score (nSPS) is 10.9. The van der Waals surface area contributed by atoms with E-state index in [9.17, 15) is 0 Å². The first kappa shape index (κ1) is 10.6. The molecule has 5 heteroatoms. The lowest BCUT2D eigenvalue weighted by Crippen LogP contribution is -1.83. The SMILES string of the molecule is Clc1ccc2oc(-c3cncc(Cl)n3)cc2c1. The van der Waals surface area contributed by atoms with E-state index in [2.05, 4.69) is 9.97 Å². The zero-order valence-electron chi connectivity index (χ0n) is 8.52. The zero-order valence-corrected chi connectivity index (χ0v) is 10.0. The Bertz CT molecular complexity index is 694. The molecule has 0 amide bonds. The third-order valence-corrected chi connectivity index (χ3v) is 2.75. The first-order chi connectivity index (χ1) is 8.22. The average molecular weight is 265 g/mol. The molecule has 0 saturated carbocycles. The fourth-order valence-corrected chi connectivity index (χ4v) is 1.93. The highest BCUT2D eigenvalue weighted by Crippen LogP contribution is 2.28. The Morgan fingerprint density at radius 2 is 1.94 bits per heavy atom. The van der Waals surface area contributed by atoms with Crippen molar-refractivity contribution in [1.82, 2.24) is 9.97 Å². The second kappa shape index (κ2) is 4.02. The van der Waals surface area contributed by atoms with E-state index < -0.39 is 0 Å². The maximum absolute atomic E-state index is 5.91. The number of furan rings is 1. The van der Waals surface area contributed by atoms with Crippen LogP contribution in [-0.2, 0) is 0 Å². The predicted molar refractivity (Wildman–Crippen MR) is 67.3 cm³/mol. The van der Waals surface area contributed by atoms with Crippen molar-refractivity contribution in [3.63, 3.8) is 0 Å². The van der Waals surface area contributed by atoms with E-state index in [1.165, 1.54) is 6.20 Å². The van der Waals surface area contributed by atoms with Crippen molar-refractivity contribution in [2.45, 2.75) is 0 Å². The van der Waals surface area contributed by atoms with Crippen LogP contribution in [0.3, 0.4) is 0 Å². The van der Waals surface area contributed by atoms with Crippen LogP contribution < -0.4 is 0 Å². The molecule has 84 valence electrons. The fraction of sp³-hybridized carbons (Fsp3) is 0. The summed E-state index contributed by atoms with van der Waals surface area (Å²) < 4.78 is 5.64. The molecule has 1 aromatic carbocycles. The van der Waals surface area contributed by atoms with Gasteiger partial charge in [-0.25, -0.2) is 4.98 Å². The Kier molecular flexibility index (Phi) is 2.50. The Morgan fingerprint density at radius 3 is 2.76 bits per heavy atom. The Balaban J connectivity index is 2.18. The Morgan fingerprint density at radius 1 is 1.06 bits per heavy atom. The summed E-state index contributed by atoms with van der Waals surface area (Å²) in [5.74, 6) is 0.622. The maximum atomic E-state index is 5.91. The third kappa shape index (κ3) is 1.99. The minimum absolute atomic E-state index is 0.334. The number of rotatable bonds is 1. The van der Waals surface area contributed by atoms with Gasteiger partial charge in [0.05, 0.1) is 12.4 Å². The molecule has 0 aliphatic rings. The second-order valence-corrected chi connectivity index (χ2v) is 4.34. The van der Waals surface area contributed by atoms with Crippen molar-refractivity contribution in [3.05, 3.63) is 46.8 Å². The second-order valence-electron chi connectivity index (χ2n) is 3.52. The lowest BCUT2D eigenvalue weighted by molar-refractivity contribution is 0.628. The number of benzene rings is 1. The summed E-state index contributed by atoms with van der Waals surface area (Å²) in [7, 11) is 0. The monoisotopic (exact) mass is 264 g/mol. The summed E-state index contributed by atoms with van der Waals surface area (Å²) in [4.78, 5) is 8.11. The molecule has 0 bridgehead atoms. The average Bonchev–Trinajstić information content (AvgIpc) is 2.72. The van der Waals surface area contributed by atoms with E-state index in [-0.39, 0.29) is 0 Å². The summed E-state index contributed by atoms with van der Waals surface area (Å²) in [6.45, 7) is 0. The van der Waals surface area contributed by atoms with Crippen LogP contribution >= 0.6 is 23.2 Å². The van der Waals surface area contributed by atoms with Crippen LogP contribution in [0.4, 0.5) is 0 Å². The van der Waals surface area contributed by atoms with E-state index in [1.54, 1.807) is 12.3 Å². The van der Waals surface area contributed by atoms with Crippen molar-refractivity contribution in [3.8, 4) is 11.5 Å². The number of fused-ring (bicyclic) bond motifs is 1. The number of hydrogen-bond acceptors (Lipinski definition) is 3. The fourth-order valence-electron chi connectivity index (χ4n) is 1.60. The van der Waals surface area contributed by atoms with Gasteiger partial charge in [-0.15, -0.1) is 0 Å². The highest BCUT2D eigenvalue weighted by Gasteiger charge is 2.08. The van der Waals surface area contributed by atoms with Crippen LogP contribution in [0.15, 0.2) is 41.1 Å². The lowest BCUT2D eigenvalue weighted by atomic mass is 10.2. The maximum Gasteiger partial charge on any atom is 0.155 e. The van der Waals surface area contributed by atoms with Gasteiger partial charge in [-0.2, -0.15) is 0 Å². The lowest BCUT2D eigenvalue weighted by Gasteiger charge is -1.94. The van der Waals surface area contributed by atoms with Crippen LogP contribution in [0.5, 0.6) is 0 Å². The van der Waals surface area contributed by atoms with Crippen molar-refractivity contribution in [1.29, 1.82) is 0 Å². The Hall–Kier alpha value is -1.58. The molecule has 3 aromatic rings. The van der Waals surface area contributed by atoms with Gasteiger partial charge in [0.15, 0.2) is 5.76 Å². The van der Waals surface area contributed by atoms with E-state index in [0.29, 0.717) is 21.6 Å². The zero-order chi connectivity index (χ0) is 11.8. The van der Waals surface area contributed by atoms with Gasteiger partial charge in [0.1, 0.15) is 16.4 Å². The molecule has 0 atom stereocenters. The van der Waals surface area contributed by atoms with Crippen LogP contribution in [0.2, 0.25) is 10.2 Å². The van der Waals surface area contributed by atoms with Crippen LogP contribution in [-0.4, -0.2) is 9.97 Å². The van der Waals surface area contributed by atoms with Crippen molar-refractivity contribution in [2.75, 3.05) is 0 Å². The highest BCUT2D eigenvalue weighted by atomic mass is 35.5. The molecule has 0 N–H and O–H groups in total. The molecule has 0 unspecified atom stereocenters. The van der Waals surface area contributed by atoms with Gasteiger partial charge in [0.25, 0.3) is 0 Å². The molecule has 0 aliphatic carbocycles. The van der Waals surface area contributed by atoms with E-state index >= 15 is 0 Å². The molecular weight excluding hydrogens is 259 g/mol. The molecule has 0 saturated heterocycles. The van der Waals surface area contributed by atoms with Crippen LogP contribution in [0.25, 0.3) is 22.4 Å². The molecule has 3 rings (SSSR count). The molecule has 0 fully saturated rings. The van der Waals surface area contributed by atoms with Crippen molar-refractivity contribution < 1.29 is 4.42 Å². The summed E-state index contributed by atoms with van der Waals surface area (Å²) in [5, 5.41) is 1.93. The van der Waals surface area contributed by atoms with Gasteiger partial charge in [-0.05, 0) is 24.3 Å². The summed E-state index contributed by atoms with van der Waals surface area (Å²) in [6, 6.07) is 7.30. The minimum Gasteiger partial charge on any atom is -0.454 e. The van der Waals surface area contributed by atoms with E-state index in [1.807, 2.05) is 18.2 Å². The minimum atomic E-state index is 0.334. The summed E-state index contributed by atoms with van der Waals surface area (Å²) in [6.07, 6.45) is 3.08. The highest BCUT2D eigenvalue weighted by molar-refractivity contribution is 6.31. The van der Waals surface area contributed by atoms with Crippen molar-refractivity contribution >= 4 is 34.2 Å². The van der Waals surface area contributed by atoms with Gasteiger partial charge < -0.3 is 4.42 Å². The number of hydrogen-bond donors (Lipinski definition) is 0. The van der Waals surface area contributed by atoms with Gasteiger partial charge in [0.2, 0.25) is 0 Å². The standard InChI is InChI=1S/C12H6Cl2N2O/c13-8-1-2-10-7(3-8)4-11(17-10)9-5-15-6-12(14)16-9/h1-6H. The molecule has 2 heterocycles. The summed E-state index contributed by atoms with van der Waals surface area (Å²) in [5.41, 5.74) is 1.36. The van der Waals surface area contributed by atoms with Crippen molar-refractivity contribution in [2.24, 2.45) is 0 Å².